The van der Waals surface area contributed by atoms with Crippen LogP contribution < -0.4 is 0 Å². The molecule has 0 bridgehead atoms. The highest BCUT2D eigenvalue weighted by Gasteiger charge is 2.36. The Balaban J connectivity index is 1.36. The van der Waals surface area contributed by atoms with E-state index < -0.39 is 0 Å². The molecule has 0 saturated heterocycles. The van der Waals surface area contributed by atoms with Gasteiger partial charge in [-0.3, -0.25) is 9.97 Å². The average molecular weight is 1030 g/mol. The molecule has 0 radical (unpaired) electrons. The lowest BCUT2D eigenvalue weighted by atomic mass is 9.91. The van der Waals surface area contributed by atoms with Gasteiger partial charge in [0.2, 0.25) is 0 Å². The van der Waals surface area contributed by atoms with Crippen LogP contribution in [0, 0.1) is 69.2 Å². The number of fused-ring (bicyclic) bond motifs is 12. The Hall–Kier alpha value is -9.52. The molecule has 0 fully saturated rings. The van der Waals surface area contributed by atoms with E-state index in [2.05, 4.69) is 263 Å². The number of pyridine rings is 2. The molecule has 386 valence electrons. The number of aromatic nitrogens is 6. The molecular formula is C74H60N6. The van der Waals surface area contributed by atoms with Crippen LogP contribution in [-0.2, 0) is 0 Å². The van der Waals surface area contributed by atoms with Crippen LogP contribution in [0.15, 0.2) is 182 Å². The van der Waals surface area contributed by atoms with Crippen molar-refractivity contribution in [3.8, 4) is 45.1 Å². The summed E-state index contributed by atoms with van der Waals surface area (Å²) < 4.78 is 10.4. The minimum atomic E-state index is 0.858. The second kappa shape index (κ2) is 17.5. The first-order valence-electron chi connectivity index (χ1n) is 28.0. The maximum absolute atomic E-state index is 5.58. The molecule has 0 aliphatic heterocycles. The maximum Gasteiger partial charge on any atom is 0.0827 e. The molecule has 0 atom stereocenters. The highest BCUT2D eigenvalue weighted by molar-refractivity contribution is 6.19. The van der Waals surface area contributed by atoms with E-state index in [1.54, 1.807) is 0 Å². The normalized spacial score (nSPS) is 12.1. The zero-order chi connectivity index (χ0) is 54.6. The molecule has 15 aromatic rings. The van der Waals surface area contributed by atoms with Crippen LogP contribution in [0.2, 0.25) is 0 Å². The van der Waals surface area contributed by atoms with Gasteiger partial charge in [0.25, 0.3) is 0 Å². The molecule has 0 aliphatic rings. The van der Waals surface area contributed by atoms with Gasteiger partial charge < -0.3 is 18.3 Å². The molecule has 6 nitrogen and oxygen atoms in total. The average Bonchev–Trinajstić information content (AvgIpc) is 4.25. The van der Waals surface area contributed by atoms with E-state index in [0.717, 1.165) is 101 Å². The zero-order valence-corrected chi connectivity index (χ0v) is 47.0. The van der Waals surface area contributed by atoms with Crippen molar-refractivity contribution in [2.75, 3.05) is 0 Å². The van der Waals surface area contributed by atoms with Gasteiger partial charge in [-0.1, -0.05) is 99.1 Å². The Morgan fingerprint density at radius 3 is 0.750 bits per heavy atom. The van der Waals surface area contributed by atoms with E-state index in [0.29, 0.717) is 0 Å². The topological polar surface area (TPSA) is 45.5 Å². The van der Waals surface area contributed by atoms with Gasteiger partial charge in [-0.25, -0.2) is 0 Å². The van der Waals surface area contributed by atoms with E-state index in [4.69, 9.17) is 9.97 Å². The van der Waals surface area contributed by atoms with Crippen molar-refractivity contribution >= 4 is 87.2 Å². The van der Waals surface area contributed by atoms with Crippen molar-refractivity contribution in [3.05, 3.63) is 238 Å². The first-order chi connectivity index (χ1) is 38.8. The minimum absolute atomic E-state index is 0.858. The quantitative estimate of drug-likeness (QED) is 0.167. The number of nitrogens with zero attached hydrogens (tertiary/aromatic N) is 6. The summed E-state index contributed by atoms with van der Waals surface area (Å²) in [6, 6.07) is 67.2. The van der Waals surface area contributed by atoms with Crippen LogP contribution >= 0.6 is 0 Å². The fourth-order valence-electron chi connectivity index (χ4n) is 13.5. The maximum atomic E-state index is 5.58. The zero-order valence-electron chi connectivity index (χ0n) is 47.0. The molecular weight excluding hydrogens is 973 g/mol. The van der Waals surface area contributed by atoms with Crippen LogP contribution in [-0.4, -0.2) is 28.2 Å². The highest BCUT2D eigenvalue weighted by Crippen LogP contribution is 2.54. The molecule has 6 aromatic heterocycles. The fraction of sp³-hybridized carbons (Fsp3) is 0.135. The van der Waals surface area contributed by atoms with Gasteiger partial charge >= 0.3 is 0 Å². The van der Waals surface area contributed by atoms with Crippen molar-refractivity contribution < 1.29 is 0 Å². The van der Waals surface area contributed by atoms with E-state index >= 15 is 0 Å². The van der Waals surface area contributed by atoms with Crippen LogP contribution in [0.25, 0.3) is 132 Å². The van der Waals surface area contributed by atoms with Crippen LogP contribution in [0.5, 0.6) is 0 Å². The van der Waals surface area contributed by atoms with Crippen LogP contribution in [0.4, 0.5) is 0 Å². The Kier molecular flexibility index (Phi) is 10.4. The highest BCUT2D eigenvalue weighted by atomic mass is 15.1. The third kappa shape index (κ3) is 7.04. The summed E-state index contributed by atoms with van der Waals surface area (Å²) in [5.74, 6) is 0. The first-order valence-corrected chi connectivity index (χ1v) is 28.0. The largest absolute Gasteiger partial charge is 0.306 e. The van der Waals surface area contributed by atoms with Crippen molar-refractivity contribution in [2.24, 2.45) is 0 Å². The molecule has 9 aromatic carbocycles. The summed E-state index contributed by atoms with van der Waals surface area (Å²) in [6.07, 6.45) is 1.97. The molecule has 0 aliphatic carbocycles. The van der Waals surface area contributed by atoms with Gasteiger partial charge in [0.1, 0.15) is 0 Å². The molecule has 6 heteroatoms. The Morgan fingerprint density at radius 1 is 0.263 bits per heavy atom. The number of aryl methyl sites for hydroxylation is 10. The molecule has 6 heterocycles. The molecule has 0 saturated carbocycles. The predicted molar refractivity (Wildman–Crippen MR) is 338 cm³/mol. The Bertz CT molecular complexity index is 4640. The molecule has 80 heavy (non-hydrogen) atoms. The molecule has 0 N–H and O–H groups in total. The van der Waals surface area contributed by atoms with Crippen molar-refractivity contribution in [2.45, 2.75) is 69.2 Å². The monoisotopic (exact) mass is 1030 g/mol. The first kappa shape index (κ1) is 47.7. The number of hydrogen-bond donors (Lipinski definition) is 0. The third-order valence-corrected chi connectivity index (χ3v) is 16.9. The lowest BCUT2D eigenvalue weighted by molar-refractivity contribution is 1.04. The number of benzene rings is 9. The fourth-order valence-corrected chi connectivity index (χ4v) is 13.5. The van der Waals surface area contributed by atoms with Crippen LogP contribution in [0.3, 0.4) is 0 Å². The second-order valence-corrected chi connectivity index (χ2v) is 23.0. The van der Waals surface area contributed by atoms with Crippen molar-refractivity contribution in [1.29, 1.82) is 0 Å². The van der Waals surface area contributed by atoms with E-state index in [1.165, 1.54) is 87.6 Å². The van der Waals surface area contributed by atoms with Crippen molar-refractivity contribution in [3.63, 3.8) is 0 Å². The summed E-state index contributed by atoms with van der Waals surface area (Å²) in [5, 5.41) is 9.63. The van der Waals surface area contributed by atoms with E-state index in [9.17, 15) is 0 Å². The minimum Gasteiger partial charge on any atom is -0.306 e. The molecule has 0 unspecified atom stereocenters. The summed E-state index contributed by atoms with van der Waals surface area (Å²) in [6.45, 7) is 22.0. The molecule has 0 spiro atoms. The lowest BCUT2D eigenvalue weighted by Crippen LogP contribution is -2.16. The lowest BCUT2D eigenvalue weighted by Gasteiger charge is -2.31. The molecule has 0 amide bonds. The van der Waals surface area contributed by atoms with Gasteiger partial charge in [-0.2, -0.15) is 0 Å². The third-order valence-electron chi connectivity index (χ3n) is 16.9. The summed E-state index contributed by atoms with van der Waals surface area (Å²) in [5.41, 5.74) is 28.7. The van der Waals surface area contributed by atoms with Gasteiger partial charge in [0, 0.05) is 66.2 Å². The van der Waals surface area contributed by atoms with Gasteiger partial charge in [0.15, 0.2) is 0 Å². The summed E-state index contributed by atoms with van der Waals surface area (Å²) in [4.78, 5) is 10.7. The van der Waals surface area contributed by atoms with E-state index in [1.807, 2.05) is 6.20 Å². The van der Waals surface area contributed by atoms with Gasteiger partial charge in [-0.05, 0) is 196 Å². The van der Waals surface area contributed by atoms with Crippen molar-refractivity contribution in [1.82, 2.24) is 28.2 Å². The standard InChI is InChI=1S/C74H60N6/c1-41-14-22-61-52(31-41)53-32-42(2)15-23-62(53)77(61)71-69(51-39-49(9)76-50(10)40-51)72(78-63-24-16-43(3)33-54(63)55-34-44(4)17-25-64(55)78)74(80-67-28-20-47(7)37-58(67)59-38-48(8)21-29-68(59)80)70(60-13-11-12-30-75-60)73(71)79-65-26-18-45(5)35-56(65)57-36-46(6)19-27-66(57)79/h11-40H,1-10H3. The number of rotatable bonds is 6. The second-order valence-electron chi connectivity index (χ2n) is 23.0. The number of hydrogen-bond acceptors (Lipinski definition) is 2. The smallest absolute Gasteiger partial charge is 0.0827 e. The molecule has 15 rings (SSSR count). The van der Waals surface area contributed by atoms with Gasteiger partial charge in [0.05, 0.1) is 78.1 Å². The van der Waals surface area contributed by atoms with Crippen LogP contribution in [0.1, 0.15) is 55.9 Å². The van der Waals surface area contributed by atoms with E-state index in [-0.39, 0.29) is 0 Å². The van der Waals surface area contributed by atoms with Gasteiger partial charge in [-0.15, -0.1) is 0 Å². The Labute approximate surface area is 465 Å². The SMILES string of the molecule is Cc1ccc2c(c1)c1cc(C)ccc1n2-c1c(-c2cc(C)nc(C)c2)c(-n2c3ccc(C)cc3c3cc(C)ccc32)c(-n2c3ccc(C)cc3c3cc(C)ccc32)c(-c2ccccn2)c1-n1c2ccc(C)cc2c2cc(C)ccc21. The predicted octanol–water partition coefficient (Wildman–Crippen LogP) is 19.3. The summed E-state index contributed by atoms with van der Waals surface area (Å²) >= 11 is 0. The Morgan fingerprint density at radius 2 is 0.512 bits per heavy atom. The summed E-state index contributed by atoms with van der Waals surface area (Å²) in [7, 11) is 0.